The lowest BCUT2D eigenvalue weighted by Crippen LogP contribution is -2.42. The number of aryl methyl sites for hydroxylation is 2. The standard InChI is InChI=1S/C20H23Cl2NO3S/c1-12-7-13(2)15(4)20(14(12)3)27(24,25)23-5-6-26-19(11-23)16-8-17(21)10-18(22)9-16/h7-10,19H,5-6,11H2,1-4H3. The van der Waals surface area contributed by atoms with E-state index in [9.17, 15) is 8.42 Å². The quantitative estimate of drug-likeness (QED) is 0.692. The van der Waals surface area contributed by atoms with Crippen LogP contribution in [0.2, 0.25) is 10.0 Å². The predicted octanol–water partition coefficient (Wildman–Crippen LogP) is 4.99. The van der Waals surface area contributed by atoms with Crippen molar-refractivity contribution in [2.24, 2.45) is 0 Å². The van der Waals surface area contributed by atoms with Gasteiger partial charge in [-0.1, -0.05) is 29.3 Å². The van der Waals surface area contributed by atoms with Gasteiger partial charge in [0.15, 0.2) is 0 Å². The first-order valence-electron chi connectivity index (χ1n) is 8.76. The Bertz CT molecular complexity index is 943. The lowest BCUT2D eigenvalue weighted by Gasteiger charge is -2.33. The second-order valence-electron chi connectivity index (χ2n) is 7.01. The molecule has 2 aromatic rings. The summed E-state index contributed by atoms with van der Waals surface area (Å²) in [5.41, 5.74) is 4.33. The van der Waals surface area contributed by atoms with Crippen molar-refractivity contribution in [3.8, 4) is 0 Å². The van der Waals surface area contributed by atoms with Gasteiger partial charge in [-0.3, -0.25) is 0 Å². The van der Waals surface area contributed by atoms with Crippen molar-refractivity contribution in [3.05, 3.63) is 62.1 Å². The zero-order valence-electron chi connectivity index (χ0n) is 15.8. The molecule has 7 heteroatoms. The number of halogens is 2. The predicted molar refractivity (Wildman–Crippen MR) is 109 cm³/mol. The third-order valence-corrected chi connectivity index (χ3v) is 7.76. The molecular weight excluding hydrogens is 405 g/mol. The minimum absolute atomic E-state index is 0.227. The minimum Gasteiger partial charge on any atom is -0.371 e. The van der Waals surface area contributed by atoms with Crippen molar-refractivity contribution in [1.82, 2.24) is 4.31 Å². The fraction of sp³-hybridized carbons (Fsp3) is 0.400. The van der Waals surface area contributed by atoms with Crippen LogP contribution >= 0.6 is 23.2 Å². The van der Waals surface area contributed by atoms with Gasteiger partial charge in [0, 0.05) is 23.1 Å². The first-order valence-corrected chi connectivity index (χ1v) is 11.0. The average molecular weight is 428 g/mol. The van der Waals surface area contributed by atoms with Crippen molar-refractivity contribution in [2.75, 3.05) is 19.7 Å². The summed E-state index contributed by atoms with van der Waals surface area (Å²) >= 11 is 12.2. The summed E-state index contributed by atoms with van der Waals surface area (Å²) in [5.74, 6) is 0. The first-order chi connectivity index (χ1) is 12.6. The van der Waals surface area contributed by atoms with Crippen LogP contribution < -0.4 is 0 Å². The monoisotopic (exact) mass is 427 g/mol. The second-order valence-corrected chi connectivity index (χ2v) is 9.76. The first kappa shape index (κ1) is 20.6. The van der Waals surface area contributed by atoms with Crippen molar-refractivity contribution in [1.29, 1.82) is 0 Å². The van der Waals surface area contributed by atoms with Crippen molar-refractivity contribution >= 4 is 33.2 Å². The molecule has 0 spiro atoms. The van der Waals surface area contributed by atoms with Crippen LogP contribution in [-0.2, 0) is 14.8 Å². The van der Waals surface area contributed by atoms with E-state index in [-0.39, 0.29) is 6.54 Å². The van der Waals surface area contributed by atoms with Gasteiger partial charge in [-0.15, -0.1) is 0 Å². The molecule has 1 aliphatic heterocycles. The Balaban J connectivity index is 1.99. The van der Waals surface area contributed by atoms with Gasteiger partial charge < -0.3 is 4.74 Å². The molecule has 27 heavy (non-hydrogen) atoms. The van der Waals surface area contributed by atoms with E-state index in [0.29, 0.717) is 28.1 Å². The number of sulfonamides is 1. The lowest BCUT2D eigenvalue weighted by atomic mass is 10.0. The van der Waals surface area contributed by atoms with Gasteiger partial charge in [-0.2, -0.15) is 4.31 Å². The van der Waals surface area contributed by atoms with Crippen molar-refractivity contribution < 1.29 is 13.2 Å². The summed E-state index contributed by atoms with van der Waals surface area (Å²) in [5, 5.41) is 1.00. The molecule has 0 aromatic heterocycles. The summed E-state index contributed by atoms with van der Waals surface area (Å²) in [6, 6.07) is 7.20. The third kappa shape index (κ3) is 4.03. The minimum atomic E-state index is -3.64. The van der Waals surface area contributed by atoms with E-state index in [4.69, 9.17) is 27.9 Å². The zero-order chi connectivity index (χ0) is 19.9. The molecule has 146 valence electrons. The normalized spacial score (nSPS) is 18.7. The molecule has 0 saturated carbocycles. The van der Waals surface area contributed by atoms with Crippen LogP contribution in [0.1, 0.15) is 33.9 Å². The van der Waals surface area contributed by atoms with E-state index in [1.54, 1.807) is 18.2 Å². The summed E-state index contributed by atoms with van der Waals surface area (Å²) in [6.07, 6.45) is -0.406. The summed E-state index contributed by atoms with van der Waals surface area (Å²) < 4.78 is 34.2. The molecule has 4 nitrogen and oxygen atoms in total. The Kier molecular flexibility index (Phi) is 5.90. The highest BCUT2D eigenvalue weighted by Crippen LogP contribution is 2.33. The van der Waals surface area contributed by atoms with E-state index >= 15 is 0 Å². The molecule has 0 radical (unpaired) electrons. The second kappa shape index (κ2) is 7.72. The Morgan fingerprint density at radius 2 is 1.52 bits per heavy atom. The number of hydrogen-bond donors (Lipinski definition) is 0. The van der Waals surface area contributed by atoms with Gasteiger partial charge in [0.05, 0.1) is 17.6 Å². The van der Waals surface area contributed by atoms with Gasteiger partial charge in [-0.05, 0) is 73.7 Å². The maximum absolute atomic E-state index is 13.5. The van der Waals surface area contributed by atoms with E-state index < -0.39 is 16.1 Å². The number of benzene rings is 2. The Labute approximate surface area is 171 Å². The number of ether oxygens (including phenoxy) is 1. The molecule has 0 bridgehead atoms. The van der Waals surface area contributed by atoms with Gasteiger partial charge in [-0.25, -0.2) is 8.42 Å². The molecule has 2 aromatic carbocycles. The van der Waals surface area contributed by atoms with E-state index in [0.717, 1.165) is 27.8 Å². The maximum Gasteiger partial charge on any atom is 0.243 e. The van der Waals surface area contributed by atoms with E-state index in [1.165, 1.54) is 4.31 Å². The van der Waals surface area contributed by atoms with Crippen LogP contribution in [0.25, 0.3) is 0 Å². The number of hydrogen-bond acceptors (Lipinski definition) is 3. The highest BCUT2D eigenvalue weighted by atomic mass is 35.5. The number of rotatable bonds is 3. The van der Waals surface area contributed by atoms with Gasteiger partial charge in [0.2, 0.25) is 10.0 Å². The molecule has 3 rings (SSSR count). The molecule has 1 aliphatic rings. The van der Waals surface area contributed by atoms with Crippen LogP contribution in [0, 0.1) is 27.7 Å². The molecule has 0 N–H and O–H groups in total. The van der Waals surface area contributed by atoms with E-state index in [2.05, 4.69) is 0 Å². The largest absolute Gasteiger partial charge is 0.371 e. The maximum atomic E-state index is 13.5. The lowest BCUT2D eigenvalue weighted by molar-refractivity contribution is -0.00256. The summed E-state index contributed by atoms with van der Waals surface area (Å²) in [6.45, 7) is 8.47. The van der Waals surface area contributed by atoms with Crippen molar-refractivity contribution in [3.63, 3.8) is 0 Å². The van der Waals surface area contributed by atoms with Crippen LogP contribution in [-0.4, -0.2) is 32.4 Å². The summed E-state index contributed by atoms with van der Waals surface area (Å²) in [7, 11) is -3.64. The number of nitrogens with zero attached hydrogens (tertiary/aromatic N) is 1. The average Bonchev–Trinajstić information content (AvgIpc) is 2.59. The SMILES string of the molecule is Cc1cc(C)c(C)c(S(=O)(=O)N2CCOC(c3cc(Cl)cc(Cl)c3)C2)c1C. The van der Waals surface area contributed by atoms with Crippen LogP contribution in [0.4, 0.5) is 0 Å². The van der Waals surface area contributed by atoms with Gasteiger partial charge in [0.1, 0.15) is 0 Å². The Morgan fingerprint density at radius 1 is 0.963 bits per heavy atom. The number of morpholine rings is 1. The van der Waals surface area contributed by atoms with Crippen LogP contribution in [0.15, 0.2) is 29.2 Å². The molecule has 0 aliphatic carbocycles. The third-order valence-electron chi connectivity index (χ3n) is 5.18. The molecule has 1 unspecified atom stereocenters. The molecule has 1 fully saturated rings. The topological polar surface area (TPSA) is 46.6 Å². The Hall–Kier alpha value is -1.11. The van der Waals surface area contributed by atoms with Crippen molar-refractivity contribution in [2.45, 2.75) is 38.7 Å². The van der Waals surface area contributed by atoms with Crippen LogP contribution in [0.3, 0.4) is 0 Å². The fourth-order valence-corrected chi connectivity index (χ4v) is 6.05. The highest BCUT2D eigenvalue weighted by Gasteiger charge is 2.34. The van der Waals surface area contributed by atoms with Crippen LogP contribution in [0.5, 0.6) is 0 Å². The van der Waals surface area contributed by atoms with Gasteiger partial charge >= 0.3 is 0 Å². The Morgan fingerprint density at radius 3 is 2.07 bits per heavy atom. The molecular formula is C20H23Cl2NO3S. The van der Waals surface area contributed by atoms with E-state index in [1.807, 2.05) is 33.8 Å². The summed E-state index contributed by atoms with van der Waals surface area (Å²) in [4.78, 5) is 0.407. The molecule has 1 atom stereocenters. The van der Waals surface area contributed by atoms with Gasteiger partial charge in [0.25, 0.3) is 0 Å². The smallest absolute Gasteiger partial charge is 0.243 e. The zero-order valence-corrected chi connectivity index (χ0v) is 18.2. The molecule has 0 amide bonds. The molecule has 1 heterocycles. The molecule has 1 saturated heterocycles. The highest BCUT2D eigenvalue weighted by molar-refractivity contribution is 7.89. The fourth-order valence-electron chi connectivity index (χ4n) is 3.50.